The standard InChI is InChI=1S/C10H11BrN2O2/c1-3-7-8(4-2)12-13-9(7)10(14)15-6-5-11/h3-4H,1-2,5-6H2,(H,12,13). The minimum absolute atomic E-state index is 0.237. The summed E-state index contributed by atoms with van der Waals surface area (Å²) in [6, 6.07) is 0. The first-order valence-electron chi connectivity index (χ1n) is 4.31. The highest BCUT2D eigenvalue weighted by molar-refractivity contribution is 9.09. The molecule has 0 atom stereocenters. The van der Waals surface area contributed by atoms with Gasteiger partial charge in [0.2, 0.25) is 0 Å². The van der Waals surface area contributed by atoms with Crippen molar-refractivity contribution in [3.8, 4) is 0 Å². The smallest absolute Gasteiger partial charge is 0.359 e. The lowest BCUT2D eigenvalue weighted by molar-refractivity contribution is 0.0524. The summed E-state index contributed by atoms with van der Waals surface area (Å²) in [6.07, 6.45) is 3.12. The van der Waals surface area contributed by atoms with E-state index in [0.717, 1.165) is 0 Å². The van der Waals surface area contributed by atoms with Crippen molar-refractivity contribution >= 4 is 34.1 Å². The Kier molecular flexibility index (Phi) is 4.30. The van der Waals surface area contributed by atoms with Crippen molar-refractivity contribution in [2.75, 3.05) is 11.9 Å². The summed E-state index contributed by atoms with van der Waals surface area (Å²) in [7, 11) is 0. The molecule has 0 saturated carbocycles. The number of esters is 1. The molecule has 1 rings (SSSR count). The topological polar surface area (TPSA) is 55.0 Å². The lowest BCUT2D eigenvalue weighted by atomic mass is 10.2. The predicted molar refractivity (Wildman–Crippen MR) is 62.8 cm³/mol. The van der Waals surface area contributed by atoms with Gasteiger partial charge in [-0.25, -0.2) is 4.79 Å². The van der Waals surface area contributed by atoms with Crippen LogP contribution in [-0.2, 0) is 4.74 Å². The molecule has 4 nitrogen and oxygen atoms in total. The first-order chi connectivity index (χ1) is 7.24. The Bertz CT molecular complexity index is 385. The van der Waals surface area contributed by atoms with Gasteiger partial charge in [-0.1, -0.05) is 35.2 Å². The molecule has 15 heavy (non-hydrogen) atoms. The molecule has 0 aliphatic carbocycles. The third-order valence-corrected chi connectivity index (χ3v) is 2.07. The summed E-state index contributed by atoms with van der Waals surface area (Å²) in [6.45, 7) is 7.52. The van der Waals surface area contributed by atoms with Crippen LogP contribution in [0.2, 0.25) is 0 Å². The largest absolute Gasteiger partial charge is 0.460 e. The Morgan fingerprint density at radius 2 is 2.27 bits per heavy atom. The molecule has 80 valence electrons. The van der Waals surface area contributed by atoms with E-state index >= 15 is 0 Å². The van der Waals surface area contributed by atoms with Gasteiger partial charge in [0.25, 0.3) is 0 Å². The molecule has 0 unspecified atom stereocenters. The quantitative estimate of drug-likeness (QED) is 0.660. The molecule has 1 aromatic rings. The van der Waals surface area contributed by atoms with Crippen molar-refractivity contribution in [2.24, 2.45) is 0 Å². The maximum absolute atomic E-state index is 11.5. The van der Waals surface area contributed by atoms with Crippen molar-refractivity contribution < 1.29 is 9.53 Å². The van der Waals surface area contributed by atoms with E-state index in [1.807, 2.05) is 0 Å². The fraction of sp³-hybridized carbons (Fsp3) is 0.200. The second kappa shape index (κ2) is 5.50. The second-order valence-electron chi connectivity index (χ2n) is 2.63. The van der Waals surface area contributed by atoms with E-state index in [2.05, 4.69) is 39.3 Å². The average Bonchev–Trinajstić information content (AvgIpc) is 2.68. The molecule has 1 aromatic heterocycles. The number of hydrogen-bond acceptors (Lipinski definition) is 3. The van der Waals surface area contributed by atoms with Crippen LogP contribution < -0.4 is 0 Å². The zero-order valence-electron chi connectivity index (χ0n) is 8.12. The van der Waals surface area contributed by atoms with E-state index in [-0.39, 0.29) is 5.69 Å². The van der Waals surface area contributed by atoms with Crippen LogP contribution in [-0.4, -0.2) is 28.1 Å². The van der Waals surface area contributed by atoms with Gasteiger partial charge >= 0.3 is 5.97 Å². The summed E-state index contributed by atoms with van der Waals surface area (Å²) in [5.41, 5.74) is 1.52. The van der Waals surface area contributed by atoms with E-state index in [1.165, 1.54) is 0 Å². The van der Waals surface area contributed by atoms with Crippen LogP contribution in [0, 0.1) is 0 Å². The zero-order valence-corrected chi connectivity index (χ0v) is 9.71. The molecule has 1 heterocycles. The summed E-state index contributed by atoms with van der Waals surface area (Å²) < 4.78 is 4.93. The number of carbonyl (C=O) groups excluding carboxylic acids is 1. The summed E-state index contributed by atoms with van der Waals surface area (Å²) in [5, 5.41) is 7.13. The van der Waals surface area contributed by atoms with Crippen molar-refractivity contribution in [2.45, 2.75) is 0 Å². The van der Waals surface area contributed by atoms with Crippen LogP contribution in [0.4, 0.5) is 0 Å². The van der Waals surface area contributed by atoms with Gasteiger partial charge in [-0.15, -0.1) is 0 Å². The SMILES string of the molecule is C=Cc1[nH]nc(C(=O)OCCBr)c1C=C. The number of halogens is 1. The molecule has 0 bridgehead atoms. The lowest BCUT2D eigenvalue weighted by Gasteiger charge is -2.00. The third kappa shape index (κ3) is 2.56. The van der Waals surface area contributed by atoms with E-state index in [9.17, 15) is 4.79 Å². The minimum Gasteiger partial charge on any atom is -0.460 e. The molecule has 0 aliphatic heterocycles. The van der Waals surface area contributed by atoms with Crippen LogP contribution in [0.1, 0.15) is 21.7 Å². The summed E-state index contributed by atoms with van der Waals surface area (Å²) >= 11 is 3.16. The fourth-order valence-electron chi connectivity index (χ4n) is 1.08. The molecular formula is C10H11BrN2O2. The predicted octanol–water partition coefficient (Wildman–Crippen LogP) is 2.25. The molecular weight excluding hydrogens is 260 g/mol. The number of carbonyl (C=O) groups is 1. The molecule has 0 aliphatic rings. The van der Waals surface area contributed by atoms with Gasteiger partial charge < -0.3 is 4.74 Å². The highest BCUT2D eigenvalue weighted by Crippen LogP contribution is 2.14. The Morgan fingerprint density at radius 1 is 1.53 bits per heavy atom. The number of aromatic amines is 1. The number of H-pyrrole nitrogens is 1. The number of nitrogens with zero attached hydrogens (tertiary/aromatic N) is 1. The Balaban J connectivity index is 2.93. The van der Waals surface area contributed by atoms with Crippen molar-refractivity contribution in [3.63, 3.8) is 0 Å². The molecule has 0 aromatic carbocycles. The Hall–Kier alpha value is -1.36. The van der Waals surface area contributed by atoms with Crippen molar-refractivity contribution in [1.29, 1.82) is 0 Å². The van der Waals surface area contributed by atoms with Gasteiger partial charge in [-0.3, -0.25) is 5.10 Å². The first-order valence-corrected chi connectivity index (χ1v) is 5.43. The fourth-order valence-corrected chi connectivity index (χ4v) is 1.24. The normalized spacial score (nSPS) is 9.67. The third-order valence-electron chi connectivity index (χ3n) is 1.75. The maximum Gasteiger partial charge on any atom is 0.359 e. The highest BCUT2D eigenvalue weighted by Gasteiger charge is 2.16. The van der Waals surface area contributed by atoms with E-state index in [0.29, 0.717) is 23.2 Å². The molecule has 0 saturated heterocycles. The first kappa shape index (κ1) is 11.7. The van der Waals surface area contributed by atoms with E-state index < -0.39 is 5.97 Å². The maximum atomic E-state index is 11.5. The average molecular weight is 271 g/mol. The van der Waals surface area contributed by atoms with E-state index in [4.69, 9.17) is 4.74 Å². The molecule has 0 radical (unpaired) electrons. The molecule has 0 fully saturated rings. The van der Waals surface area contributed by atoms with Gasteiger partial charge in [0.1, 0.15) is 6.61 Å². The zero-order chi connectivity index (χ0) is 11.3. The molecule has 5 heteroatoms. The molecule has 1 N–H and O–H groups in total. The van der Waals surface area contributed by atoms with Gasteiger partial charge in [0, 0.05) is 10.9 Å². The summed E-state index contributed by atoms with van der Waals surface area (Å²) in [5.74, 6) is -0.464. The van der Waals surface area contributed by atoms with Crippen molar-refractivity contribution in [3.05, 3.63) is 30.1 Å². The molecule has 0 spiro atoms. The number of nitrogens with one attached hydrogen (secondary N) is 1. The van der Waals surface area contributed by atoms with Crippen molar-refractivity contribution in [1.82, 2.24) is 10.2 Å². The number of hydrogen-bond donors (Lipinski definition) is 1. The minimum atomic E-state index is -0.464. The Labute approximate surface area is 96.1 Å². The van der Waals surface area contributed by atoms with Gasteiger partial charge in [0.15, 0.2) is 5.69 Å². The molecule has 0 amide bonds. The van der Waals surface area contributed by atoms with Gasteiger partial charge in [0.05, 0.1) is 5.69 Å². The van der Waals surface area contributed by atoms with E-state index in [1.54, 1.807) is 12.2 Å². The van der Waals surface area contributed by atoms with Gasteiger partial charge in [-0.2, -0.15) is 5.10 Å². The number of ether oxygens (including phenoxy) is 1. The second-order valence-corrected chi connectivity index (χ2v) is 3.43. The number of rotatable bonds is 5. The van der Waals surface area contributed by atoms with Gasteiger partial charge in [-0.05, 0) is 6.08 Å². The number of aromatic nitrogens is 2. The summed E-state index contributed by atoms with van der Waals surface area (Å²) in [4.78, 5) is 11.5. The monoisotopic (exact) mass is 270 g/mol. The number of alkyl halides is 1. The van der Waals surface area contributed by atoms with Crippen LogP contribution in [0.25, 0.3) is 12.2 Å². The van der Waals surface area contributed by atoms with Crippen LogP contribution in [0.3, 0.4) is 0 Å². The van der Waals surface area contributed by atoms with Crippen LogP contribution >= 0.6 is 15.9 Å². The van der Waals surface area contributed by atoms with Crippen LogP contribution in [0.15, 0.2) is 13.2 Å². The lowest BCUT2D eigenvalue weighted by Crippen LogP contribution is -2.08. The van der Waals surface area contributed by atoms with Crippen LogP contribution in [0.5, 0.6) is 0 Å². The highest BCUT2D eigenvalue weighted by atomic mass is 79.9. The Morgan fingerprint density at radius 3 is 2.80 bits per heavy atom.